The molecule has 1 aliphatic rings. The normalized spacial score (nSPS) is 14.8. The van der Waals surface area contributed by atoms with Gasteiger partial charge in [-0.05, 0) is 56.3 Å². The lowest BCUT2D eigenvalue weighted by molar-refractivity contribution is -0.131. The van der Waals surface area contributed by atoms with E-state index in [1.807, 2.05) is 36.6 Å². The maximum atomic E-state index is 12.7. The molecule has 1 aliphatic heterocycles. The summed E-state index contributed by atoms with van der Waals surface area (Å²) in [5.74, 6) is 0.153. The third-order valence-electron chi connectivity index (χ3n) is 4.86. The fourth-order valence-corrected chi connectivity index (χ4v) is 3.52. The van der Waals surface area contributed by atoms with Crippen molar-refractivity contribution in [2.45, 2.75) is 20.0 Å². The summed E-state index contributed by atoms with van der Waals surface area (Å²) in [5, 5.41) is 0.637. The van der Waals surface area contributed by atoms with Gasteiger partial charge in [0.25, 0.3) is 11.8 Å². The molecular formula is C22H20ClN3O4. The minimum Gasteiger partial charge on any atom is -0.485 e. The molecule has 8 heteroatoms. The number of amides is 2. The molecule has 1 aromatic heterocycles. The summed E-state index contributed by atoms with van der Waals surface area (Å²) in [6.45, 7) is 3.80. The van der Waals surface area contributed by atoms with E-state index in [0.29, 0.717) is 22.1 Å². The monoisotopic (exact) mass is 425 g/mol. The number of carbonyl (C=O) groups excluding carboxylic acids is 2. The van der Waals surface area contributed by atoms with E-state index in [-0.39, 0.29) is 6.61 Å². The highest BCUT2D eigenvalue weighted by atomic mass is 35.5. The average molecular weight is 426 g/mol. The van der Waals surface area contributed by atoms with Gasteiger partial charge in [-0.15, -0.1) is 0 Å². The van der Waals surface area contributed by atoms with Crippen molar-refractivity contribution in [1.29, 1.82) is 0 Å². The maximum absolute atomic E-state index is 12.7. The first-order valence-corrected chi connectivity index (χ1v) is 9.75. The Morgan fingerprint density at radius 3 is 2.47 bits per heavy atom. The summed E-state index contributed by atoms with van der Waals surface area (Å²) >= 11 is 5.96. The largest absolute Gasteiger partial charge is 0.485 e. The molecule has 2 N–H and O–H groups in total. The fourth-order valence-electron chi connectivity index (χ4n) is 3.40. The first-order chi connectivity index (χ1) is 14.4. The highest BCUT2D eigenvalue weighted by Gasteiger charge is 2.28. The minimum absolute atomic E-state index is 0.0593. The number of hydrogen-bond acceptors (Lipinski definition) is 4. The number of para-hydroxylation sites is 2. The van der Waals surface area contributed by atoms with Gasteiger partial charge >= 0.3 is 0 Å². The maximum Gasteiger partial charge on any atom is 0.283 e. The summed E-state index contributed by atoms with van der Waals surface area (Å²) in [4.78, 5) is 25.1. The van der Waals surface area contributed by atoms with Crippen LogP contribution in [-0.2, 0) is 4.79 Å². The van der Waals surface area contributed by atoms with Crippen molar-refractivity contribution in [3.8, 4) is 17.2 Å². The quantitative estimate of drug-likeness (QED) is 0.630. The molecule has 7 nitrogen and oxygen atoms in total. The summed E-state index contributed by atoms with van der Waals surface area (Å²) in [7, 11) is 0. The van der Waals surface area contributed by atoms with Crippen LogP contribution in [0.2, 0.25) is 5.02 Å². The smallest absolute Gasteiger partial charge is 0.283 e. The molecule has 3 aromatic rings. The summed E-state index contributed by atoms with van der Waals surface area (Å²) < 4.78 is 13.1. The highest BCUT2D eigenvalue weighted by molar-refractivity contribution is 6.30. The molecule has 0 bridgehead atoms. The van der Waals surface area contributed by atoms with Gasteiger partial charge < -0.3 is 14.0 Å². The number of ether oxygens (including phenoxy) is 2. The first-order valence-electron chi connectivity index (χ1n) is 9.37. The number of fused-ring (bicyclic) bond motifs is 1. The first kappa shape index (κ1) is 19.8. The average Bonchev–Trinajstić information content (AvgIpc) is 3.06. The molecule has 4 rings (SSSR count). The second-order valence-corrected chi connectivity index (χ2v) is 7.34. The van der Waals surface area contributed by atoms with Crippen LogP contribution in [0.5, 0.6) is 11.5 Å². The SMILES string of the molecule is Cc1cc(C(=O)NNC(=O)C2COc3ccccc3O2)c(C)n1-c1ccc(Cl)cc1. The molecule has 0 fully saturated rings. The van der Waals surface area contributed by atoms with Crippen molar-refractivity contribution < 1.29 is 19.1 Å². The van der Waals surface area contributed by atoms with Gasteiger partial charge in [0.15, 0.2) is 11.5 Å². The van der Waals surface area contributed by atoms with Gasteiger partial charge in [-0.3, -0.25) is 20.4 Å². The molecule has 154 valence electrons. The van der Waals surface area contributed by atoms with Gasteiger partial charge in [-0.1, -0.05) is 23.7 Å². The van der Waals surface area contributed by atoms with E-state index in [2.05, 4.69) is 10.9 Å². The van der Waals surface area contributed by atoms with E-state index < -0.39 is 17.9 Å². The van der Waals surface area contributed by atoms with Crippen LogP contribution in [0.1, 0.15) is 21.7 Å². The lowest BCUT2D eigenvalue weighted by atomic mass is 10.2. The molecule has 0 spiro atoms. The number of nitrogens with one attached hydrogen (secondary N) is 2. The topological polar surface area (TPSA) is 81.6 Å². The van der Waals surface area contributed by atoms with Crippen LogP contribution < -0.4 is 20.3 Å². The molecule has 0 radical (unpaired) electrons. The van der Waals surface area contributed by atoms with E-state index in [1.165, 1.54) is 0 Å². The molecule has 0 saturated carbocycles. The standard InChI is InChI=1S/C22H20ClN3O4/c1-13-11-17(14(2)26(13)16-9-7-15(23)8-10-16)21(27)24-25-22(28)20-12-29-18-5-3-4-6-19(18)30-20/h3-11,20H,12H2,1-2H3,(H,24,27)(H,25,28). The molecule has 30 heavy (non-hydrogen) atoms. The Labute approximate surface area is 178 Å². The van der Waals surface area contributed by atoms with Crippen LogP contribution >= 0.6 is 11.6 Å². The second kappa shape index (κ2) is 8.12. The number of hydrazine groups is 1. The minimum atomic E-state index is -0.860. The number of aryl methyl sites for hydroxylation is 1. The molecular weight excluding hydrogens is 406 g/mol. The zero-order valence-electron chi connectivity index (χ0n) is 16.4. The van der Waals surface area contributed by atoms with Crippen molar-refractivity contribution in [3.63, 3.8) is 0 Å². The Balaban J connectivity index is 1.43. The van der Waals surface area contributed by atoms with Gasteiger partial charge in [0.1, 0.15) is 6.61 Å². The number of benzene rings is 2. The van der Waals surface area contributed by atoms with Crippen molar-refractivity contribution in [1.82, 2.24) is 15.4 Å². The predicted molar refractivity (Wildman–Crippen MR) is 112 cm³/mol. The number of nitrogens with zero attached hydrogens (tertiary/aromatic N) is 1. The molecule has 0 aliphatic carbocycles. The third-order valence-corrected chi connectivity index (χ3v) is 5.11. The van der Waals surface area contributed by atoms with Gasteiger partial charge in [0.05, 0.1) is 5.56 Å². The molecule has 0 saturated heterocycles. The number of halogens is 1. The number of carbonyl (C=O) groups is 2. The fraction of sp³-hybridized carbons (Fsp3) is 0.182. The lowest BCUT2D eigenvalue weighted by Crippen LogP contribution is -2.50. The Hall–Kier alpha value is -3.45. The van der Waals surface area contributed by atoms with E-state index in [4.69, 9.17) is 21.1 Å². The van der Waals surface area contributed by atoms with Crippen LogP contribution in [0.4, 0.5) is 0 Å². The summed E-state index contributed by atoms with van der Waals surface area (Å²) in [6.07, 6.45) is -0.860. The second-order valence-electron chi connectivity index (χ2n) is 6.90. The van der Waals surface area contributed by atoms with Gasteiger partial charge in [0.2, 0.25) is 6.10 Å². The van der Waals surface area contributed by atoms with Crippen LogP contribution in [0.25, 0.3) is 5.69 Å². The van der Waals surface area contributed by atoms with E-state index in [9.17, 15) is 9.59 Å². The molecule has 1 atom stereocenters. The Bertz CT molecular complexity index is 1110. The van der Waals surface area contributed by atoms with Crippen molar-refractivity contribution in [3.05, 3.63) is 76.6 Å². The van der Waals surface area contributed by atoms with Crippen molar-refractivity contribution >= 4 is 23.4 Å². The Kier molecular flexibility index (Phi) is 5.37. The zero-order chi connectivity index (χ0) is 21.3. The van der Waals surface area contributed by atoms with E-state index in [0.717, 1.165) is 17.1 Å². The number of hydrogen-bond donors (Lipinski definition) is 2. The van der Waals surface area contributed by atoms with E-state index in [1.54, 1.807) is 36.4 Å². The predicted octanol–water partition coefficient (Wildman–Crippen LogP) is 3.35. The summed E-state index contributed by atoms with van der Waals surface area (Å²) in [5.41, 5.74) is 7.84. The molecule has 1 unspecified atom stereocenters. The van der Waals surface area contributed by atoms with Crippen LogP contribution in [0, 0.1) is 13.8 Å². The zero-order valence-corrected chi connectivity index (χ0v) is 17.2. The van der Waals surface area contributed by atoms with Crippen molar-refractivity contribution in [2.75, 3.05) is 6.61 Å². The van der Waals surface area contributed by atoms with Crippen LogP contribution in [0.15, 0.2) is 54.6 Å². The van der Waals surface area contributed by atoms with Gasteiger partial charge in [-0.25, -0.2) is 0 Å². The third kappa shape index (κ3) is 3.84. The Morgan fingerprint density at radius 2 is 1.73 bits per heavy atom. The lowest BCUT2D eigenvalue weighted by Gasteiger charge is -2.25. The van der Waals surface area contributed by atoms with Crippen molar-refractivity contribution in [2.24, 2.45) is 0 Å². The summed E-state index contributed by atoms with van der Waals surface area (Å²) in [6, 6.07) is 16.2. The van der Waals surface area contributed by atoms with Crippen LogP contribution in [-0.4, -0.2) is 29.1 Å². The molecule has 2 aromatic carbocycles. The molecule has 2 amide bonds. The van der Waals surface area contributed by atoms with Crippen LogP contribution in [0.3, 0.4) is 0 Å². The number of aromatic nitrogens is 1. The van der Waals surface area contributed by atoms with Gasteiger partial charge in [-0.2, -0.15) is 0 Å². The van der Waals surface area contributed by atoms with Gasteiger partial charge in [0, 0.05) is 22.1 Å². The van der Waals surface area contributed by atoms with E-state index >= 15 is 0 Å². The Morgan fingerprint density at radius 1 is 1.03 bits per heavy atom. The highest BCUT2D eigenvalue weighted by Crippen LogP contribution is 2.30. The molecule has 2 heterocycles. The number of rotatable bonds is 3.